The van der Waals surface area contributed by atoms with Crippen LogP contribution in [0.25, 0.3) is 0 Å². The zero-order valence-corrected chi connectivity index (χ0v) is 17.3. The van der Waals surface area contributed by atoms with Crippen molar-refractivity contribution in [3.63, 3.8) is 0 Å². The highest BCUT2D eigenvalue weighted by atomic mass is 19.4. The number of amides is 1. The molecule has 1 aromatic carbocycles. The summed E-state index contributed by atoms with van der Waals surface area (Å²) >= 11 is 0. The first-order valence-electron chi connectivity index (χ1n) is 10.9. The standard InChI is InChI=1S/C23H30F3NO3/c1-21(29,23(24,25)26)17-6-4-16(5-7-17)20(28)27(18-8-9-18)19-10-12-22(30,13-11-19)14-15-2-3-15/h4-7,15,18-19,29-30H,2-3,8-14H2,1H3/t19?,21-,22?/m0/s1. The number of halogens is 3. The van der Waals surface area contributed by atoms with Crippen molar-refractivity contribution in [2.24, 2.45) is 5.92 Å². The second-order valence-corrected chi connectivity index (χ2v) is 9.69. The molecule has 3 aliphatic carbocycles. The molecule has 7 heteroatoms. The van der Waals surface area contributed by atoms with Gasteiger partial charge in [0.2, 0.25) is 0 Å². The lowest BCUT2D eigenvalue weighted by atomic mass is 9.78. The van der Waals surface area contributed by atoms with E-state index in [2.05, 4.69) is 0 Å². The highest BCUT2D eigenvalue weighted by Gasteiger charge is 2.51. The Kier molecular flexibility index (Phi) is 5.42. The van der Waals surface area contributed by atoms with Gasteiger partial charge >= 0.3 is 6.18 Å². The maximum Gasteiger partial charge on any atom is 0.421 e. The van der Waals surface area contributed by atoms with E-state index in [1.165, 1.54) is 37.1 Å². The number of alkyl halides is 3. The monoisotopic (exact) mass is 425 g/mol. The lowest BCUT2D eigenvalue weighted by molar-refractivity contribution is -0.258. The molecule has 0 saturated heterocycles. The molecule has 0 aromatic heterocycles. The van der Waals surface area contributed by atoms with Gasteiger partial charge in [-0.05, 0) is 75.5 Å². The Morgan fingerprint density at radius 3 is 2.03 bits per heavy atom. The zero-order chi connectivity index (χ0) is 21.7. The van der Waals surface area contributed by atoms with E-state index in [1.54, 1.807) is 0 Å². The first kappa shape index (κ1) is 21.6. The average Bonchev–Trinajstić information content (AvgIpc) is 3.59. The predicted molar refractivity (Wildman–Crippen MR) is 106 cm³/mol. The zero-order valence-electron chi connectivity index (χ0n) is 17.3. The topological polar surface area (TPSA) is 60.8 Å². The SMILES string of the molecule is C[C@](O)(c1ccc(C(=O)N(C2CC2)C2CCC(O)(CC3CC3)CC2)cc1)C(F)(F)F. The van der Waals surface area contributed by atoms with Gasteiger partial charge in [-0.2, -0.15) is 13.2 Å². The molecule has 1 amide bonds. The van der Waals surface area contributed by atoms with Crippen molar-refractivity contribution in [1.82, 2.24) is 4.90 Å². The molecular formula is C23H30F3NO3. The van der Waals surface area contributed by atoms with Gasteiger partial charge in [-0.15, -0.1) is 0 Å². The predicted octanol–water partition coefficient (Wildman–Crippen LogP) is 4.53. The number of hydrogen-bond acceptors (Lipinski definition) is 3. The van der Waals surface area contributed by atoms with Crippen LogP contribution in [-0.4, -0.2) is 44.9 Å². The normalized spacial score (nSPS) is 29.3. The second-order valence-electron chi connectivity index (χ2n) is 9.69. The van der Waals surface area contributed by atoms with Crippen LogP contribution in [0.15, 0.2) is 24.3 Å². The average molecular weight is 425 g/mol. The van der Waals surface area contributed by atoms with Gasteiger partial charge in [-0.3, -0.25) is 4.79 Å². The fourth-order valence-electron chi connectivity index (χ4n) is 4.71. The lowest BCUT2D eigenvalue weighted by Gasteiger charge is -2.41. The van der Waals surface area contributed by atoms with Gasteiger partial charge in [0.05, 0.1) is 5.60 Å². The number of nitrogens with zero attached hydrogens (tertiary/aromatic N) is 1. The summed E-state index contributed by atoms with van der Waals surface area (Å²) in [6.07, 6.45) is 3.25. The summed E-state index contributed by atoms with van der Waals surface area (Å²) in [6, 6.07) is 5.35. The highest BCUT2D eigenvalue weighted by Crippen LogP contribution is 2.44. The maximum atomic E-state index is 13.2. The van der Waals surface area contributed by atoms with Crippen molar-refractivity contribution in [1.29, 1.82) is 0 Å². The Bertz CT molecular complexity index is 774. The molecular weight excluding hydrogens is 395 g/mol. The summed E-state index contributed by atoms with van der Waals surface area (Å²) in [6.45, 7) is 0.713. The summed E-state index contributed by atoms with van der Waals surface area (Å²) in [7, 11) is 0. The molecule has 3 aliphatic rings. The summed E-state index contributed by atoms with van der Waals surface area (Å²) in [5.41, 5.74) is -3.52. The second kappa shape index (κ2) is 7.52. The van der Waals surface area contributed by atoms with Crippen LogP contribution < -0.4 is 0 Å². The van der Waals surface area contributed by atoms with Crippen molar-refractivity contribution in [2.45, 2.75) is 94.2 Å². The smallest absolute Gasteiger partial charge is 0.390 e. The van der Waals surface area contributed by atoms with Gasteiger partial charge in [0.15, 0.2) is 5.60 Å². The van der Waals surface area contributed by atoms with Gasteiger partial charge in [0.1, 0.15) is 0 Å². The number of rotatable bonds is 6. The summed E-state index contributed by atoms with van der Waals surface area (Å²) < 4.78 is 39.2. The van der Waals surface area contributed by atoms with E-state index in [0.717, 1.165) is 32.1 Å². The van der Waals surface area contributed by atoms with Crippen LogP contribution in [0.5, 0.6) is 0 Å². The molecule has 0 spiro atoms. The van der Waals surface area contributed by atoms with Gasteiger partial charge in [0, 0.05) is 17.6 Å². The minimum absolute atomic E-state index is 0.0578. The van der Waals surface area contributed by atoms with Gasteiger partial charge in [-0.1, -0.05) is 25.0 Å². The molecule has 3 fully saturated rings. The van der Waals surface area contributed by atoms with Crippen LogP contribution in [-0.2, 0) is 5.60 Å². The van der Waals surface area contributed by atoms with Gasteiger partial charge < -0.3 is 15.1 Å². The summed E-state index contributed by atoms with van der Waals surface area (Å²) in [5.74, 6) is 0.480. The molecule has 1 aromatic rings. The Hall–Kier alpha value is -1.60. The minimum Gasteiger partial charge on any atom is -0.390 e. The van der Waals surface area contributed by atoms with Crippen LogP contribution >= 0.6 is 0 Å². The molecule has 1 atom stereocenters. The largest absolute Gasteiger partial charge is 0.421 e. The molecule has 3 saturated carbocycles. The highest BCUT2D eigenvalue weighted by molar-refractivity contribution is 5.95. The van der Waals surface area contributed by atoms with Crippen LogP contribution in [0.1, 0.15) is 80.6 Å². The van der Waals surface area contributed by atoms with Crippen LogP contribution in [0, 0.1) is 5.92 Å². The van der Waals surface area contributed by atoms with E-state index >= 15 is 0 Å². The van der Waals surface area contributed by atoms with E-state index in [-0.39, 0.29) is 23.6 Å². The molecule has 166 valence electrons. The van der Waals surface area contributed by atoms with Crippen molar-refractivity contribution < 1.29 is 28.2 Å². The molecule has 2 N–H and O–H groups in total. The lowest BCUT2D eigenvalue weighted by Crippen LogP contribution is -2.47. The van der Waals surface area contributed by atoms with Crippen molar-refractivity contribution in [3.05, 3.63) is 35.4 Å². The molecule has 4 nitrogen and oxygen atoms in total. The van der Waals surface area contributed by atoms with E-state index < -0.39 is 17.4 Å². The number of carbonyl (C=O) groups is 1. The van der Waals surface area contributed by atoms with E-state index in [9.17, 15) is 28.2 Å². The molecule has 0 heterocycles. The molecule has 0 radical (unpaired) electrons. The third-order valence-electron chi connectivity index (χ3n) is 7.07. The number of benzene rings is 1. The van der Waals surface area contributed by atoms with Crippen LogP contribution in [0.4, 0.5) is 13.2 Å². The Balaban J connectivity index is 1.45. The maximum absolute atomic E-state index is 13.2. The van der Waals surface area contributed by atoms with Crippen molar-refractivity contribution in [2.75, 3.05) is 0 Å². The first-order valence-corrected chi connectivity index (χ1v) is 10.9. The fourth-order valence-corrected chi connectivity index (χ4v) is 4.71. The summed E-state index contributed by atoms with van der Waals surface area (Å²) in [4.78, 5) is 15.1. The number of carbonyl (C=O) groups excluding carboxylic acids is 1. The van der Waals surface area contributed by atoms with E-state index in [1.807, 2.05) is 4.90 Å². The first-order chi connectivity index (χ1) is 14.0. The summed E-state index contributed by atoms with van der Waals surface area (Å²) in [5, 5.41) is 20.7. The molecule has 4 rings (SSSR count). The number of aliphatic hydroxyl groups is 2. The third-order valence-corrected chi connectivity index (χ3v) is 7.07. The molecule has 0 unspecified atom stereocenters. The third kappa shape index (κ3) is 4.37. The van der Waals surface area contributed by atoms with Crippen molar-refractivity contribution in [3.8, 4) is 0 Å². The van der Waals surface area contributed by atoms with E-state index in [4.69, 9.17) is 0 Å². The Morgan fingerprint density at radius 1 is 1.03 bits per heavy atom. The van der Waals surface area contributed by atoms with Crippen LogP contribution in [0.2, 0.25) is 0 Å². The van der Waals surface area contributed by atoms with Gasteiger partial charge in [-0.25, -0.2) is 0 Å². The van der Waals surface area contributed by atoms with E-state index in [0.29, 0.717) is 31.2 Å². The molecule has 0 aliphatic heterocycles. The quantitative estimate of drug-likeness (QED) is 0.704. The Labute approximate surface area is 175 Å². The molecule has 0 bridgehead atoms. The van der Waals surface area contributed by atoms with Crippen molar-refractivity contribution >= 4 is 5.91 Å². The van der Waals surface area contributed by atoms with Gasteiger partial charge in [0.25, 0.3) is 5.91 Å². The van der Waals surface area contributed by atoms with Crippen LogP contribution in [0.3, 0.4) is 0 Å². The minimum atomic E-state index is -4.79. The fraction of sp³-hybridized carbons (Fsp3) is 0.696. The number of hydrogen-bond donors (Lipinski definition) is 2. The molecule has 30 heavy (non-hydrogen) atoms. The Morgan fingerprint density at radius 2 is 1.57 bits per heavy atom.